The van der Waals surface area contributed by atoms with Crippen molar-refractivity contribution in [2.24, 2.45) is 0 Å². The third kappa shape index (κ3) is 4.83. The van der Waals surface area contributed by atoms with Crippen molar-refractivity contribution in [2.45, 2.75) is 13.8 Å². The summed E-state index contributed by atoms with van der Waals surface area (Å²) in [6.45, 7) is 4.25. The van der Waals surface area contributed by atoms with Gasteiger partial charge in [0, 0.05) is 21.5 Å². The van der Waals surface area contributed by atoms with Gasteiger partial charge in [-0.05, 0) is 84.6 Å². The molecular formula is C32H26BrN. The van der Waals surface area contributed by atoms with Crippen molar-refractivity contribution in [3.8, 4) is 22.3 Å². The Morgan fingerprint density at radius 3 is 1.38 bits per heavy atom. The lowest BCUT2D eigenvalue weighted by atomic mass is 10.00. The molecule has 166 valence electrons. The number of aryl methyl sites for hydroxylation is 2. The summed E-state index contributed by atoms with van der Waals surface area (Å²) in [5.41, 5.74) is 10.8. The minimum atomic E-state index is 1.09. The molecule has 0 fully saturated rings. The summed E-state index contributed by atoms with van der Waals surface area (Å²) in [6, 6.07) is 43.5. The maximum Gasteiger partial charge on any atom is 0.0467 e. The lowest BCUT2D eigenvalue weighted by Gasteiger charge is -2.26. The van der Waals surface area contributed by atoms with Crippen LogP contribution >= 0.6 is 15.9 Å². The van der Waals surface area contributed by atoms with Crippen LogP contribution in [0, 0.1) is 13.8 Å². The van der Waals surface area contributed by atoms with Crippen molar-refractivity contribution in [2.75, 3.05) is 4.90 Å². The van der Waals surface area contributed by atoms with Crippen LogP contribution in [0.25, 0.3) is 22.3 Å². The molecule has 2 heteroatoms. The number of halogens is 1. The van der Waals surface area contributed by atoms with Crippen molar-refractivity contribution in [1.82, 2.24) is 0 Å². The Labute approximate surface area is 210 Å². The summed E-state index contributed by atoms with van der Waals surface area (Å²) in [5.74, 6) is 0. The van der Waals surface area contributed by atoms with Crippen LogP contribution in [0.15, 0.2) is 126 Å². The molecule has 0 saturated heterocycles. The maximum absolute atomic E-state index is 3.52. The lowest BCUT2D eigenvalue weighted by molar-refractivity contribution is 1.27. The van der Waals surface area contributed by atoms with Crippen molar-refractivity contribution < 1.29 is 0 Å². The Hall–Kier alpha value is -3.62. The van der Waals surface area contributed by atoms with Gasteiger partial charge in [0.2, 0.25) is 0 Å². The molecule has 0 N–H and O–H groups in total. The van der Waals surface area contributed by atoms with Crippen molar-refractivity contribution in [1.29, 1.82) is 0 Å². The molecule has 0 unspecified atom stereocenters. The van der Waals surface area contributed by atoms with E-state index < -0.39 is 0 Å². The fourth-order valence-electron chi connectivity index (χ4n) is 4.16. The van der Waals surface area contributed by atoms with Gasteiger partial charge < -0.3 is 4.90 Å². The number of hydrogen-bond donors (Lipinski definition) is 0. The van der Waals surface area contributed by atoms with Crippen molar-refractivity contribution in [3.05, 3.63) is 137 Å². The Bertz CT molecular complexity index is 1340. The van der Waals surface area contributed by atoms with Gasteiger partial charge in [0.25, 0.3) is 0 Å². The molecule has 1 nitrogen and oxygen atoms in total. The van der Waals surface area contributed by atoms with E-state index in [4.69, 9.17) is 0 Å². The van der Waals surface area contributed by atoms with E-state index in [9.17, 15) is 0 Å². The minimum Gasteiger partial charge on any atom is -0.310 e. The SMILES string of the molecule is Cc1ccc(N(c2ccc(C)cc2)c2cccc(-c3ccc(-c4ccc(Br)cc4)cc3)c2)cc1. The van der Waals surface area contributed by atoms with Crippen molar-refractivity contribution in [3.63, 3.8) is 0 Å². The van der Waals surface area contributed by atoms with E-state index in [2.05, 4.69) is 156 Å². The molecule has 0 amide bonds. The first-order valence-corrected chi connectivity index (χ1v) is 12.3. The topological polar surface area (TPSA) is 3.24 Å². The van der Waals surface area contributed by atoms with Gasteiger partial charge >= 0.3 is 0 Å². The molecule has 0 heterocycles. The van der Waals surface area contributed by atoms with Crippen LogP contribution in [0.1, 0.15) is 11.1 Å². The van der Waals surface area contributed by atoms with E-state index in [-0.39, 0.29) is 0 Å². The molecule has 0 bridgehead atoms. The number of hydrogen-bond acceptors (Lipinski definition) is 1. The van der Waals surface area contributed by atoms with Gasteiger partial charge in [0.1, 0.15) is 0 Å². The summed E-state index contributed by atoms with van der Waals surface area (Å²) in [4.78, 5) is 2.32. The zero-order chi connectivity index (χ0) is 23.5. The van der Waals surface area contributed by atoms with Gasteiger partial charge in [-0.25, -0.2) is 0 Å². The largest absolute Gasteiger partial charge is 0.310 e. The molecule has 0 saturated carbocycles. The first-order valence-electron chi connectivity index (χ1n) is 11.5. The van der Waals surface area contributed by atoms with E-state index >= 15 is 0 Å². The monoisotopic (exact) mass is 503 g/mol. The van der Waals surface area contributed by atoms with Gasteiger partial charge in [-0.15, -0.1) is 0 Å². The highest BCUT2D eigenvalue weighted by molar-refractivity contribution is 9.10. The molecule has 34 heavy (non-hydrogen) atoms. The molecule has 5 rings (SSSR count). The quantitative estimate of drug-likeness (QED) is 0.230. The van der Waals surface area contributed by atoms with Gasteiger partial charge in [-0.2, -0.15) is 0 Å². The number of rotatable bonds is 5. The van der Waals surface area contributed by atoms with Crippen LogP contribution in [0.5, 0.6) is 0 Å². The highest BCUT2D eigenvalue weighted by Gasteiger charge is 2.13. The average molecular weight is 504 g/mol. The van der Waals surface area contributed by atoms with Gasteiger partial charge in [0.15, 0.2) is 0 Å². The zero-order valence-electron chi connectivity index (χ0n) is 19.4. The standard InChI is InChI=1S/C32H26BrN/c1-23-6-18-30(19-7-23)34(31-20-8-24(2)9-21-31)32-5-3-4-28(22-32)27-12-10-25(11-13-27)26-14-16-29(33)17-15-26/h3-22H,1-2H3. The first kappa shape index (κ1) is 22.2. The number of nitrogens with zero attached hydrogens (tertiary/aromatic N) is 1. The molecule has 0 aliphatic rings. The van der Waals surface area contributed by atoms with E-state index in [0.717, 1.165) is 21.5 Å². The Morgan fingerprint density at radius 2 is 0.882 bits per heavy atom. The molecule has 5 aromatic rings. The fourth-order valence-corrected chi connectivity index (χ4v) is 4.42. The molecule has 5 aromatic carbocycles. The van der Waals surface area contributed by atoms with E-state index in [1.54, 1.807) is 0 Å². The molecule has 0 radical (unpaired) electrons. The van der Waals surface area contributed by atoms with Gasteiger partial charge in [-0.3, -0.25) is 0 Å². The van der Waals surface area contributed by atoms with Gasteiger partial charge in [-0.1, -0.05) is 99.9 Å². The van der Waals surface area contributed by atoms with Crippen LogP contribution in [-0.4, -0.2) is 0 Å². The van der Waals surface area contributed by atoms with Crippen LogP contribution in [0.3, 0.4) is 0 Å². The molecular weight excluding hydrogens is 478 g/mol. The summed E-state index contributed by atoms with van der Waals surface area (Å²) < 4.78 is 1.09. The van der Waals surface area contributed by atoms with Crippen LogP contribution in [0.2, 0.25) is 0 Å². The average Bonchev–Trinajstić information content (AvgIpc) is 2.87. The highest BCUT2D eigenvalue weighted by atomic mass is 79.9. The molecule has 0 aromatic heterocycles. The maximum atomic E-state index is 3.52. The lowest BCUT2D eigenvalue weighted by Crippen LogP contribution is -2.10. The summed E-state index contributed by atoms with van der Waals surface area (Å²) >= 11 is 3.52. The molecule has 0 aliphatic heterocycles. The predicted octanol–water partition coefficient (Wildman–Crippen LogP) is 9.87. The summed E-state index contributed by atoms with van der Waals surface area (Å²) in [7, 11) is 0. The van der Waals surface area contributed by atoms with E-state index in [1.165, 1.54) is 33.4 Å². The first-order chi connectivity index (χ1) is 16.6. The third-order valence-corrected chi connectivity index (χ3v) is 6.61. The number of anilines is 3. The van der Waals surface area contributed by atoms with E-state index in [0.29, 0.717) is 0 Å². The van der Waals surface area contributed by atoms with Crippen LogP contribution < -0.4 is 4.90 Å². The van der Waals surface area contributed by atoms with Gasteiger partial charge in [0.05, 0.1) is 0 Å². The molecule has 0 atom stereocenters. The molecule has 0 aliphatic carbocycles. The Balaban J connectivity index is 1.52. The minimum absolute atomic E-state index is 1.09. The smallest absolute Gasteiger partial charge is 0.0467 e. The molecule has 0 spiro atoms. The highest BCUT2D eigenvalue weighted by Crippen LogP contribution is 2.37. The van der Waals surface area contributed by atoms with E-state index in [1.807, 2.05) is 0 Å². The van der Waals surface area contributed by atoms with Crippen LogP contribution in [-0.2, 0) is 0 Å². The summed E-state index contributed by atoms with van der Waals surface area (Å²) in [5, 5.41) is 0. The second kappa shape index (κ2) is 9.70. The Morgan fingerprint density at radius 1 is 0.441 bits per heavy atom. The van der Waals surface area contributed by atoms with Crippen molar-refractivity contribution >= 4 is 33.0 Å². The fraction of sp³-hybridized carbons (Fsp3) is 0.0625. The van der Waals surface area contributed by atoms with Crippen LogP contribution in [0.4, 0.5) is 17.1 Å². The third-order valence-electron chi connectivity index (χ3n) is 6.08. The zero-order valence-corrected chi connectivity index (χ0v) is 21.0. The second-order valence-electron chi connectivity index (χ2n) is 8.64. The Kier molecular flexibility index (Phi) is 6.33. The predicted molar refractivity (Wildman–Crippen MR) is 149 cm³/mol. The normalized spacial score (nSPS) is 10.8. The summed E-state index contributed by atoms with van der Waals surface area (Å²) in [6.07, 6.45) is 0. The second-order valence-corrected chi connectivity index (χ2v) is 9.56. The number of benzene rings is 5.